The van der Waals surface area contributed by atoms with Gasteiger partial charge in [-0.05, 0) is 40.1 Å². The minimum absolute atomic E-state index is 0.0532. The molecule has 0 saturated carbocycles. The lowest BCUT2D eigenvalue weighted by molar-refractivity contribution is -0.150. The third-order valence-corrected chi connectivity index (χ3v) is 8.12. The Kier molecular flexibility index (Phi) is 7.18. The minimum atomic E-state index is -1.39. The third kappa shape index (κ3) is 4.87. The van der Waals surface area contributed by atoms with Crippen molar-refractivity contribution in [3.05, 3.63) is 40.6 Å². The number of phenols is 1. The van der Waals surface area contributed by atoms with E-state index in [-0.39, 0.29) is 27.9 Å². The van der Waals surface area contributed by atoms with Crippen molar-refractivity contribution in [1.82, 2.24) is 30.8 Å². The Morgan fingerprint density at radius 2 is 2.11 bits per heavy atom. The molecular formula is C20H21N7O7S2. The first kappa shape index (κ1) is 25.5. The van der Waals surface area contributed by atoms with Crippen molar-refractivity contribution in [3.8, 4) is 5.75 Å². The molecule has 4 atom stereocenters. The summed E-state index contributed by atoms with van der Waals surface area (Å²) < 4.78 is 0. The van der Waals surface area contributed by atoms with E-state index in [0.29, 0.717) is 11.1 Å². The highest BCUT2D eigenvalue weighted by atomic mass is 32.2. The third-order valence-electron chi connectivity index (χ3n) is 5.69. The summed E-state index contributed by atoms with van der Waals surface area (Å²) in [5, 5.41) is 43.3. The summed E-state index contributed by atoms with van der Waals surface area (Å²) in [5.41, 5.74) is 6.92. The summed E-state index contributed by atoms with van der Waals surface area (Å²) in [5.74, 6) is -3.68. The van der Waals surface area contributed by atoms with Crippen molar-refractivity contribution in [2.24, 2.45) is 5.73 Å². The van der Waals surface area contributed by atoms with Crippen LogP contribution in [-0.4, -0.2) is 87.0 Å². The van der Waals surface area contributed by atoms with Crippen LogP contribution in [0, 0.1) is 6.92 Å². The first-order chi connectivity index (χ1) is 17.1. The fourth-order valence-corrected chi connectivity index (χ4v) is 6.42. The molecule has 2 amide bonds. The number of aromatic hydroxyl groups is 1. The van der Waals surface area contributed by atoms with Gasteiger partial charge in [0.2, 0.25) is 11.1 Å². The number of β-lactam (4-membered cyclic amide) rings is 1. The molecule has 7 N–H and O–H groups in total. The second-order valence-electron chi connectivity index (χ2n) is 8.01. The van der Waals surface area contributed by atoms with E-state index in [0.717, 1.165) is 16.7 Å². The maximum absolute atomic E-state index is 13.0. The van der Waals surface area contributed by atoms with Gasteiger partial charge in [0.15, 0.2) is 0 Å². The van der Waals surface area contributed by atoms with Gasteiger partial charge < -0.3 is 26.4 Å². The molecule has 0 aliphatic carbocycles. The number of hydrogen-bond acceptors (Lipinski definition) is 11. The number of thioether (sulfide) groups is 2. The number of carbonyl (C=O) groups is 4. The number of carboxylic acids is 2. The van der Waals surface area contributed by atoms with Crippen LogP contribution in [0.1, 0.15) is 23.6 Å². The number of aromatic amines is 1. The molecule has 2 aliphatic heterocycles. The van der Waals surface area contributed by atoms with Crippen LogP contribution in [0.4, 0.5) is 0 Å². The monoisotopic (exact) mass is 535 g/mol. The fourth-order valence-electron chi connectivity index (χ4n) is 3.89. The zero-order valence-electron chi connectivity index (χ0n) is 18.6. The number of phenolic OH excluding ortho intramolecular Hbond substituents is 1. The highest BCUT2D eigenvalue weighted by Gasteiger charge is 2.55. The normalized spacial score (nSPS) is 20.8. The second-order valence-corrected chi connectivity index (χ2v) is 10.3. The second kappa shape index (κ2) is 10.2. The number of rotatable bonds is 9. The molecule has 0 spiro atoms. The SMILES string of the molecule is Cc1cc(C(N)C(=O)NC2C(=O)N3C(C(=O)O)=C(C(CC(=O)O)Sc4nnn[nH]4)CS[C@@H]23)ccc1O. The molecule has 1 aromatic carbocycles. The molecule has 2 aliphatic rings. The summed E-state index contributed by atoms with van der Waals surface area (Å²) in [6, 6.07) is 2.35. The van der Waals surface area contributed by atoms with Crippen LogP contribution in [0.5, 0.6) is 5.75 Å². The molecule has 16 heteroatoms. The zero-order chi connectivity index (χ0) is 26.1. The van der Waals surface area contributed by atoms with E-state index in [1.807, 2.05) is 0 Å². The first-order valence-electron chi connectivity index (χ1n) is 10.5. The number of fused-ring (bicyclic) bond motifs is 1. The fraction of sp³-hybridized carbons (Fsp3) is 0.350. The van der Waals surface area contributed by atoms with Gasteiger partial charge in [0.1, 0.15) is 28.9 Å². The average molecular weight is 536 g/mol. The predicted octanol–water partition coefficient (Wildman–Crippen LogP) is -0.412. The molecular weight excluding hydrogens is 514 g/mol. The number of tetrazole rings is 1. The lowest BCUT2D eigenvalue weighted by atomic mass is 9.99. The van der Waals surface area contributed by atoms with E-state index in [1.54, 1.807) is 13.0 Å². The number of nitrogens with zero attached hydrogens (tertiary/aromatic N) is 4. The molecule has 4 rings (SSSR count). The number of hydrogen-bond donors (Lipinski definition) is 6. The van der Waals surface area contributed by atoms with Crippen molar-refractivity contribution in [2.45, 2.75) is 41.2 Å². The first-order valence-corrected chi connectivity index (χ1v) is 12.4. The topological polar surface area (TPSA) is 225 Å². The average Bonchev–Trinajstić information content (AvgIpc) is 3.34. The van der Waals surface area contributed by atoms with E-state index in [9.17, 15) is 34.5 Å². The van der Waals surface area contributed by atoms with Gasteiger partial charge in [-0.2, -0.15) is 0 Å². The molecule has 1 saturated heterocycles. The highest BCUT2D eigenvalue weighted by molar-refractivity contribution is 8.01. The minimum Gasteiger partial charge on any atom is -0.508 e. The molecule has 3 heterocycles. The Bertz CT molecular complexity index is 1250. The number of H-pyrrole nitrogens is 1. The number of aliphatic carboxylic acids is 2. The smallest absolute Gasteiger partial charge is 0.352 e. The molecule has 0 bridgehead atoms. The van der Waals surface area contributed by atoms with Gasteiger partial charge in [-0.3, -0.25) is 19.3 Å². The largest absolute Gasteiger partial charge is 0.508 e. The summed E-state index contributed by atoms with van der Waals surface area (Å²) in [7, 11) is 0. The lowest BCUT2D eigenvalue weighted by Gasteiger charge is -2.50. The molecule has 190 valence electrons. The Hall–Kier alpha value is -3.63. The Labute approximate surface area is 211 Å². The van der Waals surface area contributed by atoms with Gasteiger partial charge >= 0.3 is 11.9 Å². The van der Waals surface area contributed by atoms with Crippen molar-refractivity contribution in [3.63, 3.8) is 0 Å². The maximum atomic E-state index is 13.0. The van der Waals surface area contributed by atoms with Crippen LogP contribution in [0.3, 0.4) is 0 Å². The van der Waals surface area contributed by atoms with Crippen LogP contribution in [0.2, 0.25) is 0 Å². The van der Waals surface area contributed by atoms with Crippen molar-refractivity contribution >= 4 is 47.3 Å². The summed E-state index contributed by atoms with van der Waals surface area (Å²) >= 11 is 2.15. The molecule has 0 radical (unpaired) electrons. The van der Waals surface area contributed by atoms with Crippen molar-refractivity contribution in [2.75, 3.05) is 5.75 Å². The number of nitrogens with one attached hydrogen (secondary N) is 2. The summed E-state index contributed by atoms with van der Waals surface area (Å²) in [6.45, 7) is 1.65. The molecule has 14 nitrogen and oxygen atoms in total. The van der Waals surface area contributed by atoms with Crippen molar-refractivity contribution in [1.29, 1.82) is 0 Å². The van der Waals surface area contributed by atoms with E-state index < -0.39 is 52.9 Å². The molecule has 3 unspecified atom stereocenters. The molecule has 1 fully saturated rings. The van der Waals surface area contributed by atoms with Crippen LogP contribution in [-0.2, 0) is 19.2 Å². The highest BCUT2D eigenvalue weighted by Crippen LogP contribution is 2.44. The van der Waals surface area contributed by atoms with Gasteiger partial charge in [0.25, 0.3) is 5.91 Å². The number of nitrogens with two attached hydrogens (primary N) is 1. The number of aromatic nitrogens is 4. The van der Waals surface area contributed by atoms with E-state index >= 15 is 0 Å². The Morgan fingerprint density at radius 1 is 1.36 bits per heavy atom. The van der Waals surface area contributed by atoms with Crippen LogP contribution < -0.4 is 11.1 Å². The zero-order valence-corrected chi connectivity index (χ0v) is 20.2. The van der Waals surface area contributed by atoms with Gasteiger partial charge in [-0.25, -0.2) is 9.89 Å². The summed E-state index contributed by atoms with van der Waals surface area (Å²) in [6.07, 6.45) is -0.425. The van der Waals surface area contributed by atoms with Crippen molar-refractivity contribution < 1.29 is 34.5 Å². The van der Waals surface area contributed by atoms with E-state index in [1.165, 1.54) is 23.9 Å². The van der Waals surface area contributed by atoms with Crippen LogP contribution in [0.15, 0.2) is 34.6 Å². The number of amides is 2. The molecule has 2 aromatic rings. The lowest BCUT2D eigenvalue weighted by Crippen LogP contribution is -2.71. The number of carbonyl (C=O) groups excluding carboxylic acids is 2. The van der Waals surface area contributed by atoms with Gasteiger partial charge in [-0.1, -0.05) is 23.9 Å². The van der Waals surface area contributed by atoms with E-state index in [4.69, 9.17) is 5.73 Å². The Balaban J connectivity index is 1.54. The van der Waals surface area contributed by atoms with E-state index in [2.05, 4.69) is 25.9 Å². The number of aryl methyl sites for hydroxylation is 1. The standard InChI is InChI=1S/C20H21N7O7S2/c1-7-4-8(2-3-10(7)28)13(21)16(31)22-14-17(32)27-15(19(33)34)9(6-35-18(14)27)11(5-12(29)30)36-20-23-25-26-24-20/h2-4,11,13-14,18,28H,5-6,21H2,1H3,(H,22,31)(H,29,30)(H,33,34)(H,23,24,25,26)/t11?,13?,14?,18-/m0/s1. The van der Waals surface area contributed by atoms with Gasteiger partial charge in [-0.15, -0.1) is 16.9 Å². The van der Waals surface area contributed by atoms with Crippen LogP contribution >= 0.6 is 23.5 Å². The molecule has 36 heavy (non-hydrogen) atoms. The quantitative estimate of drug-likeness (QED) is 0.177. The number of benzene rings is 1. The molecule has 1 aromatic heterocycles. The summed E-state index contributed by atoms with van der Waals surface area (Å²) in [4.78, 5) is 50.4. The predicted molar refractivity (Wildman–Crippen MR) is 126 cm³/mol. The van der Waals surface area contributed by atoms with Crippen LogP contribution in [0.25, 0.3) is 0 Å². The Morgan fingerprint density at radius 3 is 2.72 bits per heavy atom. The van der Waals surface area contributed by atoms with Gasteiger partial charge in [0, 0.05) is 11.0 Å². The maximum Gasteiger partial charge on any atom is 0.352 e. The van der Waals surface area contributed by atoms with Gasteiger partial charge in [0.05, 0.1) is 6.42 Å². The number of carboxylic acid groups (broad SMARTS) is 2.